The van der Waals surface area contributed by atoms with Crippen LogP contribution in [0.4, 0.5) is 40.7 Å². The number of carboxylic acid groups (broad SMARTS) is 1. The van der Waals surface area contributed by atoms with Gasteiger partial charge in [0.2, 0.25) is 16.0 Å². The zero-order valence-corrected chi connectivity index (χ0v) is 26.8. The van der Waals surface area contributed by atoms with Crippen LogP contribution in [-0.4, -0.2) is 64.1 Å². The average molecular weight is 690 g/mol. The van der Waals surface area contributed by atoms with E-state index in [4.69, 9.17) is 9.90 Å². The van der Waals surface area contributed by atoms with E-state index in [2.05, 4.69) is 37.8 Å². The zero-order chi connectivity index (χ0) is 34.9. The van der Waals surface area contributed by atoms with Crippen LogP contribution in [-0.2, 0) is 14.8 Å². The second-order valence-corrected chi connectivity index (χ2v) is 13.0. The minimum atomic E-state index is -5.08. The monoisotopic (exact) mass is 689 g/mol. The fourth-order valence-corrected chi connectivity index (χ4v) is 6.50. The Hall–Kier alpha value is -4.67. The van der Waals surface area contributed by atoms with Crippen molar-refractivity contribution in [3.05, 3.63) is 96.7 Å². The van der Waals surface area contributed by atoms with Gasteiger partial charge in [-0.1, -0.05) is 0 Å². The molecular weight excluding hydrogens is 654 g/mol. The molecule has 0 spiro atoms. The van der Waals surface area contributed by atoms with Crippen molar-refractivity contribution in [3.8, 4) is 0 Å². The number of halogens is 4. The lowest BCUT2D eigenvalue weighted by Gasteiger charge is -2.35. The summed E-state index contributed by atoms with van der Waals surface area (Å²) in [5.41, 5.74) is 2.54. The maximum atomic E-state index is 13.4. The van der Waals surface area contributed by atoms with E-state index in [1.54, 1.807) is 68.1 Å². The predicted molar refractivity (Wildman–Crippen MR) is 172 cm³/mol. The van der Waals surface area contributed by atoms with Gasteiger partial charge in [-0.25, -0.2) is 22.6 Å². The molecule has 16 heteroatoms. The number of benzene rings is 2. The summed E-state index contributed by atoms with van der Waals surface area (Å²) < 4.78 is 73.2. The van der Waals surface area contributed by atoms with Crippen molar-refractivity contribution in [2.24, 2.45) is 0 Å². The molecule has 2 aromatic carbocycles. The van der Waals surface area contributed by atoms with Crippen molar-refractivity contribution in [2.45, 2.75) is 61.8 Å². The molecule has 2 aromatic heterocycles. The fraction of sp³-hybridized carbons (Fsp3) is 0.312. The van der Waals surface area contributed by atoms with Crippen molar-refractivity contribution >= 4 is 39.1 Å². The minimum absolute atomic E-state index is 0.0446. The second kappa shape index (κ2) is 16.0. The van der Waals surface area contributed by atoms with Crippen LogP contribution in [0.5, 0.6) is 0 Å². The van der Waals surface area contributed by atoms with E-state index in [0.29, 0.717) is 29.2 Å². The minimum Gasteiger partial charge on any atom is -0.475 e. The SMILES string of the molecule is CC(NC1CCC(N(C)S(=O)(=O)c2ccc(Nc3nccc(Nc4ccc(F)cc4)n3)cc2)CC1)c1ccncc1.O=C(O)C(F)(F)F. The number of pyridine rings is 1. The highest BCUT2D eigenvalue weighted by Crippen LogP contribution is 2.29. The van der Waals surface area contributed by atoms with E-state index in [1.807, 2.05) is 12.1 Å². The topological polar surface area (TPSA) is 149 Å². The first kappa shape index (κ1) is 36.2. The number of carboxylic acids is 1. The molecular formula is C32H35F4N7O4S. The van der Waals surface area contributed by atoms with Gasteiger partial charge >= 0.3 is 12.1 Å². The number of aliphatic carboxylic acids is 1. The first-order valence-corrected chi connectivity index (χ1v) is 16.3. The highest BCUT2D eigenvalue weighted by molar-refractivity contribution is 7.89. The van der Waals surface area contributed by atoms with Crippen LogP contribution < -0.4 is 16.0 Å². The van der Waals surface area contributed by atoms with Gasteiger partial charge in [-0.05, 0) is 105 Å². The Bertz CT molecular complexity index is 1740. The van der Waals surface area contributed by atoms with Gasteiger partial charge in [-0.15, -0.1) is 0 Å². The first-order chi connectivity index (χ1) is 22.7. The molecule has 1 atom stereocenters. The molecule has 0 aliphatic heterocycles. The summed E-state index contributed by atoms with van der Waals surface area (Å²) in [7, 11) is -1.97. The predicted octanol–water partition coefficient (Wildman–Crippen LogP) is 6.41. The molecule has 1 unspecified atom stereocenters. The third-order valence-electron chi connectivity index (χ3n) is 7.70. The van der Waals surface area contributed by atoms with E-state index in [-0.39, 0.29) is 22.8 Å². The summed E-state index contributed by atoms with van der Waals surface area (Å²) in [6.45, 7) is 2.14. The number of hydrogen-bond acceptors (Lipinski definition) is 9. The van der Waals surface area contributed by atoms with Gasteiger partial charge < -0.3 is 21.1 Å². The molecule has 1 fully saturated rings. The summed E-state index contributed by atoms with van der Waals surface area (Å²) in [6, 6.07) is 18.8. The number of anilines is 4. The van der Waals surface area contributed by atoms with Crippen LogP contribution in [0.1, 0.15) is 44.2 Å². The van der Waals surface area contributed by atoms with Gasteiger partial charge in [0, 0.05) is 55.1 Å². The van der Waals surface area contributed by atoms with Crippen LogP contribution in [0.3, 0.4) is 0 Å². The Balaban J connectivity index is 0.000000671. The Labute approximate surface area is 275 Å². The summed E-state index contributed by atoms with van der Waals surface area (Å²) in [5.74, 6) is -2.20. The molecule has 4 aromatic rings. The molecule has 0 amide bonds. The van der Waals surface area contributed by atoms with Crippen LogP contribution in [0.2, 0.25) is 0 Å². The van der Waals surface area contributed by atoms with Crippen molar-refractivity contribution in [1.29, 1.82) is 0 Å². The zero-order valence-electron chi connectivity index (χ0n) is 26.0. The lowest BCUT2D eigenvalue weighted by molar-refractivity contribution is -0.192. The highest BCUT2D eigenvalue weighted by atomic mass is 32.2. The number of nitrogens with one attached hydrogen (secondary N) is 3. The molecule has 11 nitrogen and oxygen atoms in total. The number of rotatable bonds is 10. The standard InChI is InChI=1S/C30H34FN7O2S.C2HF3O2/c1-21(22-15-18-32-19-16-22)34-24-7-11-27(12-8-24)38(2)41(39,40)28-13-9-26(10-14-28)36-30-33-20-17-29(37-30)35-25-5-3-23(31)4-6-25;3-2(4,5)1(6)7/h3-6,9-10,13-21,24,27,34H,7-8,11-12H2,1-2H3,(H2,33,35,36,37);(H,6,7). The van der Waals surface area contributed by atoms with Crippen LogP contribution in [0.15, 0.2) is 90.2 Å². The third kappa shape index (κ3) is 10.2. The molecule has 1 aliphatic rings. The molecule has 4 N–H and O–H groups in total. The van der Waals surface area contributed by atoms with E-state index in [1.165, 1.54) is 22.0 Å². The van der Waals surface area contributed by atoms with Crippen LogP contribution in [0.25, 0.3) is 0 Å². The number of hydrogen-bond donors (Lipinski definition) is 4. The highest BCUT2D eigenvalue weighted by Gasteiger charge is 2.38. The van der Waals surface area contributed by atoms with Crippen molar-refractivity contribution in [2.75, 3.05) is 17.7 Å². The quantitative estimate of drug-likeness (QED) is 0.138. The summed E-state index contributed by atoms with van der Waals surface area (Å²) >= 11 is 0. The molecule has 0 radical (unpaired) electrons. The summed E-state index contributed by atoms with van der Waals surface area (Å²) in [6.07, 6.45) is 3.54. The largest absolute Gasteiger partial charge is 0.490 e. The number of sulfonamides is 1. The Morgan fingerprint density at radius 3 is 2.04 bits per heavy atom. The average Bonchev–Trinajstić information content (AvgIpc) is 3.06. The van der Waals surface area contributed by atoms with E-state index in [0.717, 1.165) is 25.7 Å². The number of aromatic nitrogens is 3. The molecule has 48 heavy (non-hydrogen) atoms. The Morgan fingerprint density at radius 1 is 0.896 bits per heavy atom. The fourth-order valence-electron chi connectivity index (χ4n) is 5.08. The normalized spacial score (nSPS) is 17.1. The second-order valence-electron chi connectivity index (χ2n) is 11.0. The first-order valence-electron chi connectivity index (χ1n) is 14.9. The maximum absolute atomic E-state index is 13.4. The Kier molecular flexibility index (Phi) is 12.0. The number of alkyl halides is 3. The Morgan fingerprint density at radius 2 is 1.46 bits per heavy atom. The summed E-state index contributed by atoms with van der Waals surface area (Å²) in [4.78, 5) is 21.9. The van der Waals surface area contributed by atoms with E-state index >= 15 is 0 Å². The molecule has 2 heterocycles. The molecule has 256 valence electrons. The maximum Gasteiger partial charge on any atom is 0.490 e. The van der Waals surface area contributed by atoms with Gasteiger partial charge in [0.15, 0.2) is 0 Å². The third-order valence-corrected chi connectivity index (χ3v) is 9.63. The van der Waals surface area contributed by atoms with Gasteiger partial charge in [0.05, 0.1) is 4.90 Å². The lowest BCUT2D eigenvalue weighted by Crippen LogP contribution is -2.43. The van der Waals surface area contributed by atoms with E-state index in [9.17, 15) is 26.0 Å². The van der Waals surface area contributed by atoms with Gasteiger partial charge in [-0.3, -0.25) is 4.98 Å². The molecule has 0 saturated heterocycles. The lowest BCUT2D eigenvalue weighted by atomic mass is 9.90. The van der Waals surface area contributed by atoms with Gasteiger partial charge in [0.25, 0.3) is 0 Å². The van der Waals surface area contributed by atoms with Gasteiger partial charge in [0.1, 0.15) is 11.6 Å². The van der Waals surface area contributed by atoms with Crippen molar-refractivity contribution < 1.29 is 35.9 Å². The van der Waals surface area contributed by atoms with Crippen molar-refractivity contribution in [1.82, 2.24) is 24.6 Å². The van der Waals surface area contributed by atoms with Gasteiger partial charge in [-0.2, -0.15) is 22.5 Å². The van der Waals surface area contributed by atoms with Crippen LogP contribution in [0, 0.1) is 5.82 Å². The number of carbonyl (C=O) groups is 1. The molecule has 5 rings (SSSR count). The molecule has 1 aliphatic carbocycles. The summed E-state index contributed by atoms with van der Waals surface area (Å²) in [5, 5.41) is 17.0. The van der Waals surface area contributed by atoms with Crippen molar-refractivity contribution in [3.63, 3.8) is 0 Å². The molecule has 1 saturated carbocycles. The molecule has 0 bridgehead atoms. The van der Waals surface area contributed by atoms with Crippen LogP contribution >= 0.6 is 0 Å². The van der Waals surface area contributed by atoms with E-state index < -0.39 is 22.2 Å². The number of nitrogens with zero attached hydrogens (tertiary/aromatic N) is 4. The smallest absolute Gasteiger partial charge is 0.475 e.